The van der Waals surface area contributed by atoms with Crippen molar-refractivity contribution in [3.8, 4) is 0 Å². The van der Waals surface area contributed by atoms with E-state index in [1.165, 1.54) is 0 Å². The van der Waals surface area contributed by atoms with Gasteiger partial charge in [0.05, 0.1) is 6.61 Å². The zero-order chi connectivity index (χ0) is 10.7. The lowest BCUT2D eigenvalue weighted by molar-refractivity contribution is 0.0768. The number of aliphatic hydroxyl groups excluding tert-OH is 1. The van der Waals surface area contributed by atoms with Gasteiger partial charge >= 0.3 is 0 Å². The van der Waals surface area contributed by atoms with Crippen LogP contribution in [0.5, 0.6) is 0 Å². The molecule has 1 N–H and O–H groups in total. The summed E-state index contributed by atoms with van der Waals surface area (Å²) in [5.74, 6) is 1.95. The summed E-state index contributed by atoms with van der Waals surface area (Å²) in [5, 5.41) is 17.2. The first-order valence-electron chi connectivity index (χ1n) is 5.47. The Kier molecular flexibility index (Phi) is 3.33. The van der Waals surface area contributed by atoms with Crippen molar-refractivity contribution < 1.29 is 9.84 Å². The molecule has 2 heterocycles. The van der Waals surface area contributed by atoms with Crippen molar-refractivity contribution in [2.24, 2.45) is 0 Å². The molecule has 1 aliphatic heterocycles. The van der Waals surface area contributed by atoms with Gasteiger partial charge in [-0.3, -0.25) is 0 Å². The van der Waals surface area contributed by atoms with Crippen LogP contribution in [0.4, 0.5) is 0 Å². The monoisotopic (exact) mass is 211 g/mol. The number of ether oxygens (including phenoxy) is 1. The average Bonchev–Trinajstić information content (AvgIpc) is 2.72. The minimum atomic E-state index is -0.0472. The van der Waals surface area contributed by atoms with E-state index in [0.29, 0.717) is 11.7 Å². The van der Waals surface area contributed by atoms with E-state index in [1.807, 2.05) is 11.5 Å². The fourth-order valence-corrected chi connectivity index (χ4v) is 2.06. The second kappa shape index (κ2) is 4.72. The number of aliphatic hydroxyl groups is 1. The molecule has 2 rings (SSSR count). The summed E-state index contributed by atoms with van der Waals surface area (Å²) in [4.78, 5) is 0. The fraction of sp³-hybridized carbons (Fsp3) is 0.800. The third-order valence-corrected chi connectivity index (χ3v) is 2.84. The van der Waals surface area contributed by atoms with E-state index in [-0.39, 0.29) is 6.61 Å². The molecule has 5 heteroatoms. The Bertz CT molecular complexity index is 318. The highest BCUT2D eigenvalue weighted by Gasteiger charge is 2.22. The van der Waals surface area contributed by atoms with Crippen LogP contribution in [0, 0.1) is 0 Å². The van der Waals surface area contributed by atoms with Crippen LogP contribution in [0.15, 0.2) is 0 Å². The number of aromatic nitrogens is 3. The zero-order valence-corrected chi connectivity index (χ0v) is 9.02. The zero-order valence-electron chi connectivity index (χ0n) is 9.02. The van der Waals surface area contributed by atoms with Gasteiger partial charge in [0, 0.05) is 19.1 Å². The molecule has 1 aromatic rings. The van der Waals surface area contributed by atoms with Gasteiger partial charge in [0.1, 0.15) is 12.4 Å². The number of hydrogen-bond acceptors (Lipinski definition) is 4. The Morgan fingerprint density at radius 1 is 1.53 bits per heavy atom. The third kappa shape index (κ3) is 2.03. The lowest BCUT2D eigenvalue weighted by Crippen LogP contribution is -2.20. The summed E-state index contributed by atoms with van der Waals surface area (Å²) in [7, 11) is 0. The molecule has 0 spiro atoms. The Labute approximate surface area is 89.1 Å². The van der Waals surface area contributed by atoms with Crippen molar-refractivity contribution in [1.82, 2.24) is 14.8 Å². The van der Waals surface area contributed by atoms with Crippen LogP contribution >= 0.6 is 0 Å². The fourth-order valence-electron chi connectivity index (χ4n) is 2.06. The summed E-state index contributed by atoms with van der Waals surface area (Å²) < 4.78 is 7.42. The predicted octanol–water partition coefficient (Wildman–Crippen LogP) is 0.684. The molecule has 5 nitrogen and oxygen atoms in total. The molecule has 0 aromatic carbocycles. The van der Waals surface area contributed by atoms with Crippen LogP contribution in [0.25, 0.3) is 0 Å². The second-order valence-electron chi connectivity index (χ2n) is 3.79. The van der Waals surface area contributed by atoms with Gasteiger partial charge in [-0.25, -0.2) is 0 Å². The molecule has 0 bridgehead atoms. The maximum absolute atomic E-state index is 9.11. The molecule has 1 saturated heterocycles. The first kappa shape index (κ1) is 10.6. The first-order chi connectivity index (χ1) is 7.36. The van der Waals surface area contributed by atoms with E-state index in [1.54, 1.807) is 0 Å². The van der Waals surface area contributed by atoms with Crippen molar-refractivity contribution >= 4 is 0 Å². The summed E-state index contributed by atoms with van der Waals surface area (Å²) in [6.07, 6.45) is 2.18. The van der Waals surface area contributed by atoms with Crippen LogP contribution in [0.1, 0.15) is 37.3 Å². The molecule has 0 amide bonds. The van der Waals surface area contributed by atoms with Crippen molar-refractivity contribution in [2.75, 3.05) is 13.2 Å². The Morgan fingerprint density at radius 2 is 2.40 bits per heavy atom. The van der Waals surface area contributed by atoms with Crippen LogP contribution in [0.3, 0.4) is 0 Å². The topological polar surface area (TPSA) is 60.2 Å². The second-order valence-corrected chi connectivity index (χ2v) is 3.79. The lowest BCUT2D eigenvalue weighted by atomic mass is 10.0. The van der Waals surface area contributed by atoms with Crippen LogP contribution in [0.2, 0.25) is 0 Å². The van der Waals surface area contributed by atoms with Crippen molar-refractivity contribution in [3.05, 3.63) is 11.6 Å². The van der Waals surface area contributed by atoms with Gasteiger partial charge in [0.25, 0.3) is 0 Å². The van der Waals surface area contributed by atoms with Crippen LogP contribution in [-0.4, -0.2) is 33.1 Å². The normalized spacial score (nSPS) is 21.9. The number of hydrogen-bond donors (Lipinski definition) is 1. The summed E-state index contributed by atoms with van der Waals surface area (Å²) in [6.45, 7) is 4.37. The number of nitrogens with zero attached hydrogens (tertiary/aromatic N) is 3. The summed E-state index contributed by atoms with van der Waals surface area (Å²) in [5.41, 5.74) is 0. The van der Waals surface area contributed by atoms with Gasteiger partial charge in [-0.05, 0) is 19.8 Å². The van der Waals surface area contributed by atoms with E-state index in [9.17, 15) is 0 Å². The highest BCUT2D eigenvalue weighted by Crippen LogP contribution is 2.24. The molecule has 1 unspecified atom stereocenters. The molecule has 84 valence electrons. The van der Waals surface area contributed by atoms with E-state index in [4.69, 9.17) is 9.84 Å². The van der Waals surface area contributed by atoms with E-state index >= 15 is 0 Å². The number of rotatable bonds is 3. The SMILES string of the molecule is CCn1c(CO)nnc1C1CCCOC1. The van der Waals surface area contributed by atoms with Gasteiger partial charge in [-0.15, -0.1) is 10.2 Å². The smallest absolute Gasteiger partial charge is 0.158 e. The summed E-state index contributed by atoms with van der Waals surface area (Å²) >= 11 is 0. The summed E-state index contributed by atoms with van der Waals surface area (Å²) in [6, 6.07) is 0. The Morgan fingerprint density at radius 3 is 3.00 bits per heavy atom. The van der Waals surface area contributed by atoms with E-state index in [0.717, 1.165) is 38.4 Å². The predicted molar refractivity (Wildman–Crippen MR) is 54.4 cm³/mol. The molecular weight excluding hydrogens is 194 g/mol. The Balaban J connectivity index is 2.22. The standard InChI is InChI=1S/C10H17N3O2/c1-2-13-9(6-14)11-12-10(13)8-4-3-5-15-7-8/h8,14H,2-7H2,1H3. The largest absolute Gasteiger partial charge is 0.388 e. The maximum Gasteiger partial charge on any atom is 0.158 e. The van der Waals surface area contributed by atoms with E-state index < -0.39 is 0 Å². The quantitative estimate of drug-likeness (QED) is 0.799. The van der Waals surface area contributed by atoms with Gasteiger partial charge in [0.2, 0.25) is 0 Å². The molecule has 1 aliphatic rings. The van der Waals surface area contributed by atoms with Gasteiger partial charge in [-0.1, -0.05) is 0 Å². The van der Waals surface area contributed by atoms with Gasteiger partial charge in [0.15, 0.2) is 5.82 Å². The molecule has 15 heavy (non-hydrogen) atoms. The van der Waals surface area contributed by atoms with Gasteiger partial charge in [-0.2, -0.15) is 0 Å². The molecular formula is C10H17N3O2. The van der Waals surface area contributed by atoms with Crippen molar-refractivity contribution in [2.45, 2.75) is 38.8 Å². The van der Waals surface area contributed by atoms with E-state index in [2.05, 4.69) is 10.2 Å². The van der Waals surface area contributed by atoms with Crippen molar-refractivity contribution in [3.63, 3.8) is 0 Å². The maximum atomic E-state index is 9.11. The molecule has 0 radical (unpaired) electrons. The first-order valence-corrected chi connectivity index (χ1v) is 5.47. The highest BCUT2D eigenvalue weighted by molar-refractivity contribution is 5.02. The molecule has 1 fully saturated rings. The highest BCUT2D eigenvalue weighted by atomic mass is 16.5. The third-order valence-electron chi connectivity index (χ3n) is 2.84. The average molecular weight is 211 g/mol. The van der Waals surface area contributed by atoms with Crippen LogP contribution in [-0.2, 0) is 17.9 Å². The van der Waals surface area contributed by atoms with Crippen LogP contribution < -0.4 is 0 Å². The van der Waals surface area contributed by atoms with Gasteiger partial charge < -0.3 is 14.4 Å². The molecule has 1 aromatic heterocycles. The lowest BCUT2D eigenvalue weighted by Gasteiger charge is -2.21. The molecule has 0 saturated carbocycles. The van der Waals surface area contributed by atoms with Crippen molar-refractivity contribution in [1.29, 1.82) is 0 Å². The molecule has 0 aliphatic carbocycles. The Hall–Kier alpha value is -0.940. The minimum absolute atomic E-state index is 0.0472. The molecule has 1 atom stereocenters. The minimum Gasteiger partial charge on any atom is -0.388 e.